The highest BCUT2D eigenvalue weighted by Gasteiger charge is 2.32. The van der Waals surface area contributed by atoms with E-state index in [4.69, 9.17) is 29.2 Å². The lowest BCUT2D eigenvalue weighted by Gasteiger charge is -2.30. The summed E-state index contributed by atoms with van der Waals surface area (Å²) in [5, 5.41) is 5.16. The van der Waals surface area contributed by atoms with E-state index in [1.54, 1.807) is 19.1 Å². The zero-order valence-electron chi connectivity index (χ0n) is 22.6. The Labute approximate surface area is 228 Å². The van der Waals surface area contributed by atoms with E-state index in [0.717, 1.165) is 17.5 Å². The molecule has 0 aromatic heterocycles. The minimum atomic E-state index is -0.687. The molecule has 0 aliphatic rings. The van der Waals surface area contributed by atoms with Crippen molar-refractivity contribution >= 4 is 18.6 Å². The molecule has 0 unspecified atom stereocenters. The van der Waals surface area contributed by atoms with Gasteiger partial charge in [0.2, 0.25) is 13.2 Å². The van der Waals surface area contributed by atoms with Crippen molar-refractivity contribution in [1.29, 1.82) is 0 Å². The molecule has 0 saturated heterocycles. The van der Waals surface area contributed by atoms with E-state index in [1.807, 2.05) is 31.2 Å². The zero-order chi connectivity index (χ0) is 28.6. The van der Waals surface area contributed by atoms with Crippen LogP contribution in [0.15, 0.2) is 54.6 Å². The van der Waals surface area contributed by atoms with Gasteiger partial charge in [-0.2, -0.15) is 0 Å². The number of nitrogens with one attached hydrogen (secondary N) is 2. The van der Waals surface area contributed by atoms with Gasteiger partial charge in [-0.3, -0.25) is 4.99 Å². The number of ether oxygens (including phenoxy) is 2. The molecule has 1 aromatic rings. The quantitative estimate of drug-likeness (QED) is 0.0414. The van der Waals surface area contributed by atoms with Crippen molar-refractivity contribution in [2.24, 2.45) is 10.4 Å². The third kappa shape index (κ3) is 16.2. The van der Waals surface area contributed by atoms with Gasteiger partial charge >= 0.3 is 12.2 Å². The molecule has 0 aliphatic carbocycles. The number of carbonyl (C=O) groups is 2. The summed E-state index contributed by atoms with van der Waals surface area (Å²) in [5.41, 5.74) is 1.09. The summed E-state index contributed by atoms with van der Waals surface area (Å²) in [4.78, 5) is 57.3. The number of benzene rings is 1. The second kappa shape index (κ2) is 21.4. The van der Waals surface area contributed by atoms with Crippen molar-refractivity contribution in [3.63, 3.8) is 0 Å². The van der Waals surface area contributed by atoms with E-state index in [2.05, 4.69) is 38.4 Å². The van der Waals surface area contributed by atoms with Gasteiger partial charge in [0.05, 0.1) is 25.2 Å². The standard InChI is InChI=1S/C26H39N3O10/c1-5-13-34-36-18-26(7-3,19-37-35-14-6-2)17-32-25(31)29-16-23-11-9-22(10-12-23)15-27-20-38-39-21-33-24(30)28-8-4/h5-6,9-12,20H,1-2,7-8,13-19,21H2,3-4H3,(H,28,30)(H,29,31). The summed E-state index contributed by atoms with van der Waals surface area (Å²) in [6, 6.07) is 7.44. The Bertz CT molecular complexity index is 848. The van der Waals surface area contributed by atoms with Crippen LogP contribution in [0.3, 0.4) is 0 Å². The molecule has 2 N–H and O–H groups in total. The lowest BCUT2D eigenvalue weighted by atomic mass is 9.88. The molecule has 218 valence electrons. The van der Waals surface area contributed by atoms with Crippen molar-refractivity contribution in [1.82, 2.24) is 10.6 Å². The molecule has 0 heterocycles. The second-order valence-electron chi connectivity index (χ2n) is 8.01. The van der Waals surface area contributed by atoms with Crippen LogP contribution in [-0.2, 0) is 51.9 Å². The summed E-state index contributed by atoms with van der Waals surface area (Å²) >= 11 is 0. The minimum absolute atomic E-state index is 0.0189. The first-order valence-electron chi connectivity index (χ1n) is 12.3. The smallest absolute Gasteiger partial charge is 0.409 e. The minimum Gasteiger partial charge on any atom is -0.449 e. The number of nitrogens with zero attached hydrogens (tertiary/aromatic N) is 1. The highest BCUT2D eigenvalue weighted by atomic mass is 17.2. The van der Waals surface area contributed by atoms with Crippen LogP contribution >= 0.6 is 0 Å². The fraction of sp³-hybridized carbons (Fsp3) is 0.500. The van der Waals surface area contributed by atoms with Gasteiger partial charge in [0.1, 0.15) is 19.8 Å². The Kier molecular flexibility index (Phi) is 18.4. The summed E-state index contributed by atoms with van der Waals surface area (Å²) in [6.07, 6.45) is 3.60. The largest absolute Gasteiger partial charge is 0.449 e. The Morgan fingerprint density at radius 3 is 2.05 bits per heavy atom. The summed E-state index contributed by atoms with van der Waals surface area (Å²) < 4.78 is 10.1. The molecule has 0 spiro atoms. The number of rotatable bonds is 22. The van der Waals surface area contributed by atoms with Gasteiger partial charge in [0.25, 0.3) is 0 Å². The third-order valence-corrected chi connectivity index (χ3v) is 5.01. The van der Waals surface area contributed by atoms with E-state index in [9.17, 15) is 9.59 Å². The molecule has 0 fully saturated rings. The van der Waals surface area contributed by atoms with Crippen LogP contribution in [0.2, 0.25) is 0 Å². The van der Waals surface area contributed by atoms with Crippen LogP contribution in [0.25, 0.3) is 0 Å². The van der Waals surface area contributed by atoms with Crippen molar-refractivity contribution in [2.75, 3.05) is 46.4 Å². The highest BCUT2D eigenvalue weighted by Crippen LogP contribution is 2.24. The molecule has 0 bridgehead atoms. The Morgan fingerprint density at radius 2 is 1.46 bits per heavy atom. The van der Waals surface area contributed by atoms with Gasteiger partial charge in [0.15, 0.2) is 0 Å². The van der Waals surface area contributed by atoms with Gasteiger partial charge in [-0.15, -0.1) is 18.0 Å². The van der Waals surface area contributed by atoms with Crippen molar-refractivity contribution in [3.8, 4) is 0 Å². The van der Waals surface area contributed by atoms with Crippen LogP contribution in [0.4, 0.5) is 9.59 Å². The molecule has 39 heavy (non-hydrogen) atoms. The van der Waals surface area contributed by atoms with Gasteiger partial charge in [-0.25, -0.2) is 29.1 Å². The van der Waals surface area contributed by atoms with E-state index in [1.165, 1.54) is 0 Å². The predicted octanol–water partition coefficient (Wildman–Crippen LogP) is 3.76. The first-order chi connectivity index (χ1) is 19.0. The molecule has 13 heteroatoms. The second-order valence-corrected chi connectivity index (χ2v) is 8.01. The van der Waals surface area contributed by atoms with Crippen LogP contribution in [0, 0.1) is 5.41 Å². The molecule has 2 amide bonds. The van der Waals surface area contributed by atoms with Crippen molar-refractivity contribution in [3.05, 3.63) is 60.7 Å². The maximum Gasteiger partial charge on any atom is 0.409 e. The molecule has 1 aromatic carbocycles. The van der Waals surface area contributed by atoms with Crippen molar-refractivity contribution < 1.29 is 48.4 Å². The van der Waals surface area contributed by atoms with Crippen LogP contribution in [0.5, 0.6) is 0 Å². The SMILES string of the molecule is C=CCOOCC(CC)(COOCC=C)COC(=O)NCc1ccc(CN=COOCOC(=O)NCC)cc1. The predicted molar refractivity (Wildman–Crippen MR) is 141 cm³/mol. The summed E-state index contributed by atoms with van der Waals surface area (Å²) in [7, 11) is 0. The Hall–Kier alpha value is -3.49. The molecule has 1 rings (SSSR count). The van der Waals surface area contributed by atoms with E-state index >= 15 is 0 Å². The number of aliphatic imine (C=N–C) groups is 1. The molecule has 0 aliphatic heterocycles. The van der Waals surface area contributed by atoms with Gasteiger partial charge < -0.3 is 25.0 Å². The zero-order valence-corrected chi connectivity index (χ0v) is 22.6. The maximum absolute atomic E-state index is 12.3. The Balaban J connectivity index is 2.41. The maximum atomic E-state index is 12.3. The number of amides is 2. The molecular formula is C26H39N3O10. The highest BCUT2D eigenvalue weighted by molar-refractivity contribution is 5.67. The van der Waals surface area contributed by atoms with Crippen LogP contribution in [-0.4, -0.2) is 65.0 Å². The first kappa shape index (κ1) is 33.5. The average molecular weight is 554 g/mol. The first-order valence-corrected chi connectivity index (χ1v) is 12.3. The van der Waals surface area contributed by atoms with E-state index < -0.39 is 17.6 Å². The molecule has 0 saturated carbocycles. The normalized spacial score (nSPS) is 11.1. The Morgan fingerprint density at radius 1 is 0.846 bits per heavy atom. The van der Waals surface area contributed by atoms with Crippen molar-refractivity contribution in [2.45, 2.75) is 33.4 Å². The molecule has 13 nitrogen and oxygen atoms in total. The van der Waals surface area contributed by atoms with Gasteiger partial charge in [-0.05, 0) is 24.5 Å². The van der Waals surface area contributed by atoms with E-state index in [0.29, 0.717) is 19.5 Å². The molecular weight excluding hydrogens is 514 g/mol. The topological polar surface area (TPSA) is 144 Å². The third-order valence-electron chi connectivity index (χ3n) is 5.01. The van der Waals surface area contributed by atoms with E-state index in [-0.39, 0.29) is 46.4 Å². The number of hydrogen-bond acceptors (Lipinski definition) is 11. The van der Waals surface area contributed by atoms with Gasteiger partial charge in [-0.1, -0.05) is 43.3 Å². The number of hydrogen-bond donors (Lipinski definition) is 2. The van der Waals surface area contributed by atoms with Crippen LogP contribution in [0.1, 0.15) is 31.4 Å². The number of carbonyl (C=O) groups excluding carboxylic acids is 2. The average Bonchev–Trinajstić information content (AvgIpc) is 2.95. The summed E-state index contributed by atoms with van der Waals surface area (Å²) in [6.45, 7) is 12.2. The molecule has 0 atom stereocenters. The fourth-order valence-corrected chi connectivity index (χ4v) is 2.67. The lowest BCUT2D eigenvalue weighted by Crippen LogP contribution is -2.39. The fourth-order valence-electron chi connectivity index (χ4n) is 2.67. The van der Waals surface area contributed by atoms with Crippen LogP contribution < -0.4 is 10.6 Å². The summed E-state index contributed by atoms with van der Waals surface area (Å²) in [5.74, 6) is 0. The lowest BCUT2D eigenvalue weighted by molar-refractivity contribution is -0.337. The van der Waals surface area contributed by atoms with Gasteiger partial charge in [0, 0.05) is 13.1 Å². The molecule has 0 radical (unpaired) electrons. The number of alkyl carbamates (subject to hydrolysis) is 2. The monoisotopic (exact) mass is 553 g/mol.